The van der Waals surface area contributed by atoms with E-state index in [2.05, 4.69) is 12.2 Å². The Morgan fingerprint density at radius 1 is 1.50 bits per heavy atom. The molecule has 2 atom stereocenters. The molecular formula is C14H20N2O4. The third-order valence-corrected chi connectivity index (χ3v) is 3.67. The van der Waals surface area contributed by atoms with Gasteiger partial charge in [-0.1, -0.05) is 0 Å². The van der Waals surface area contributed by atoms with Crippen LogP contribution in [0.3, 0.4) is 0 Å². The molecule has 2 unspecified atom stereocenters. The Hall–Kier alpha value is -1.66. The molecule has 2 rings (SSSR count). The van der Waals surface area contributed by atoms with Gasteiger partial charge in [0, 0.05) is 25.8 Å². The summed E-state index contributed by atoms with van der Waals surface area (Å²) in [5.74, 6) is 1.02. The highest BCUT2D eigenvalue weighted by Crippen LogP contribution is 2.23. The number of non-ortho nitro benzene ring substituents is 1. The molecule has 1 aliphatic heterocycles. The average molecular weight is 280 g/mol. The van der Waals surface area contributed by atoms with E-state index in [0.717, 1.165) is 25.1 Å². The average Bonchev–Trinajstić information content (AvgIpc) is 2.84. The van der Waals surface area contributed by atoms with Gasteiger partial charge in [-0.05, 0) is 30.9 Å². The van der Waals surface area contributed by atoms with Crippen molar-refractivity contribution in [2.45, 2.75) is 26.0 Å². The summed E-state index contributed by atoms with van der Waals surface area (Å²) in [7, 11) is 1.51. The number of nitrogens with one attached hydrogen (secondary N) is 1. The summed E-state index contributed by atoms with van der Waals surface area (Å²) in [6, 6.07) is 4.81. The van der Waals surface area contributed by atoms with Crippen LogP contribution in [-0.2, 0) is 11.3 Å². The predicted octanol–water partition coefficient (Wildman–Crippen LogP) is 2.12. The number of nitrogens with zero attached hydrogens (tertiary/aromatic N) is 1. The van der Waals surface area contributed by atoms with Crippen molar-refractivity contribution < 1.29 is 14.4 Å². The van der Waals surface area contributed by atoms with Gasteiger partial charge >= 0.3 is 0 Å². The summed E-state index contributed by atoms with van der Waals surface area (Å²) in [5, 5.41) is 14.2. The second-order valence-corrected chi connectivity index (χ2v) is 5.05. The summed E-state index contributed by atoms with van der Waals surface area (Å²) >= 11 is 0. The molecule has 20 heavy (non-hydrogen) atoms. The van der Waals surface area contributed by atoms with E-state index < -0.39 is 4.92 Å². The van der Waals surface area contributed by atoms with Crippen molar-refractivity contribution in [2.24, 2.45) is 5.92 Å². The van der Waals surface area contributed by atoms with Gasteiger partial charge in [0.2, 0.25) is 0 Å². The van der Waals surface area contributed by atoms with Gasteiger partial charge in [0.05, 0.1) is 24.2 Å². The molecule has 0 radical (unpaired) electrons. The van der Waals surface area contributed by atoms with Gasteiger partial charge in [0.1, 0.15) is 5.75 Å². The van der Waals surface area contributed by atoms with Gasteiger partial charge < -0.3 is 14.8 Å². The normalized spacial score (nSPS) is 21.9. The minimum absolute atomic E-state index is 0.0544. The SMILES string of the molecule is COc1cc(CNCC2CCOC2C)cc([N+](=O)[O-])c1. The van der Waals surface area contributed by atoms with Gasteiger partial charge in [0.25, 0.3) is 5.69 Å². The minimum atomic E-state index is -0.404. The van der Waals surface area contributed by atoms with Crippen LogP contribution >= 0.6 is 0 Å². The van der Waals surface area contributed by atoms with Gasteiger partial charge in [-0.3, -0.25) is 10.1 Å². The monoisotopic (exact) mass is 280 g/mol. The van der Waals surface area contributed by atoms with Crippen LogP contribution in [-0.4, -0.2) is 31.3 Å². The van der Waals surface area contributed by atoms with E-state index in [9.17, 15) is 10.1 Å². The highest BCUT2D eigenvalue weighted by Gasteiger charge is 2.23. The zero-order valence-corrected chi connectivity index (χ0v) is 11.8. The first-order chi connectivity index (χ1) is 9.60. The Kier molecular flexibility index (Phi) is 4.92. The van der Waals surface area contributed by atoms with E-state index in [-0.39, 0.29) is 11.8 Å². The lowest BCUT2D eigenvalue weighted by Gasteiger charge is -2.15. The van der Waals surface area contributed by atoms with Crippen molar-refractivity contribution >= 4 is 5.69 Å². The van der Waals surface area contributed by atoms with Crippen LogP contribution in [0.5, 0.6) is 5.75 Å². The molecule has 1 heterocycles. The number of ether oxygens (including phenoxy) is 2. The van der Waals surface area contributed by atoms with Crippen LogP contribution in [0.1, 0.15) is 18.9 Å². The van der Waals surface area contributed by atoms with Gasteiger partial charge in [-0.25, -0.2) is 0 Å². The van der Waals surface area contributed by atoms with Crippen molar-refractivity contribution in [3.05, 3.63) is 33.9 Å². The molecule has 0 aromatic heterocycles. The molecule has 0 amide bonds. The topological polar surface area (TPSA) is 73.6 Å². The first-order valence-electron chi connectivity index (χ1n) is 6.75. The zero-order valence-electron chi connectivity index (χ0n) is 11.8. The molecule has 1 N–H and O–H groups in total. The van der Waals surface area contributed by atoms with Crippen LogP contribution in [0.25, 0.3) is 0 Å². The molecular weight excluding hydrogens is 260 g/mol. The van der Waals surface area contributed by atoms with Crippen LogP contribution in [0, 0.1) is 16.0 Å². The molecule has 0 saturated carbocycles. The summed E-state index contributed by atoms with van der Waals surface area (Å²) in [6.45, 7) is 4.33. The molecule has 0 aliphatic carbocycles. The number of benzene rings is 1. The van der Waals surface area contributed by atoms with Crippen LogP contribution in [0.15, 0.2) is 18.2 Å². The largest absolute Gasteiger partial charge is 0.496 e. The maximum Gasteiger partial charge on any atom is 0.273 e. The van der Waals surface area contributed by atoms with Crippen molar-refractivity contribution in [1.82, 2.24) is 5.32 Å². The second kappa shape index (κ2) is 6.67. The Morgan fingerprint density at radius 2 is 2.30 bits per heavy atom. The van der Waals surface area contributed by atoms with Crippen LogP contribution < -0.4 is 10.1 Å². The highest BCUT2D eigenvalue weighted by molar-refractivity contribution is 5.42. The number of hydrogen-bond acceptors (Lipinski definition) is 5. The molecule has 1 aliphatic rings. The summed E-state index contributed by atoms with van der Waals surface area (Å²) in [5.41, 5.74) is 0.904. The van der Waals surface area contributed by atoms with E-state index in [4.69, 9.17) is 9.47 Å². The van der Waals surface area contributed by atoms with E-state index >= 15 is 0 Å². The Bertz CT molecular complexity index is 478. The number of methoxy groups -OCH3 is 1. The lowest BCUT2D eigenvalue weighted by molar-refractivity contribution is -0.385. The van der Waals surface area contributed by atoms with E-state index in [1.54, 1.807) is 6.07 Å². The van der Waals surface area contributed by atoms with E-state index in [1.165, 1.54) is 13.2 Å². The second-order valence-electron chi connectivity index (χ2n) is 5.05. The molecule has 1 saturated heterocycles. The van der Waals surface area contributed by atoms with Crippen molar-refractivity contribution in [3.63, 3.8) is 0 Å². The zero-order chi connectivity index (χ0) is 14.5. The third-order valence-electron chi connectivity index (χ3n) is 3.67. The van der Waals surface area contributed by atoms with Crippen LogP contribution in [0.4, 0.5) is 5.69 Å². The fourth-order valence-electron chi connectivity index (χ4n) is 2.41. The summed E-state index contributed by atoms with van der Waals surface area (Å²) in [4.78, 5) is 10.5. The fraction of sp³-hybridized carbons (Fsp3) is 0.571. The number of rotatable bonds is 6. The quantitative estimate of drug-likeness (QED) is 0.638. The van der Waals surface area contributed by atoms with Gasteiger partial charge in [0.15, 0.2) is 0 Å². The van der Waals surface area contributed by atoms with Crippen molar-refractivity contribution in [2.75, 3.05) is 20.3 Å². The standard InChI is InChI=1S/C14H20N2O4/c1-10-12(3-4-20-10)9-15-8-11-5-13(16(17)18)7-14(6-11)19-2/h5-7,10,12,15H,3-4,8-9H2,1-2H3. The molecule has 0 bridgehead atoms. The lowest BCUT2D eigenvalue weighted by atomic mass is 10.0. The predicted molar refractivity (Wildman–Crippen MR) is 74.9 cm³/mol. The van der Waals surface area contributed by atoms with Crippen molar-refractivity contribution in [3.8, 4) is 5.75 Å². The summed E-state index contributed by atoms with van der Waals surface area (Å²) < 4.78 is 10.6. The Balaban J connectivity index is 1.94. The number of hydrogen-bond donors (Lipinski definition) is 1. The molecule has 0 spiro atoms. The van der Waals surface area contributed by atoms with Crippen LogP contribution in [0.2, 0.25) is 0 Å². The number of nitro benzene ring substituents is 1. The molecule has 1 fully saturated rings. The lowest BCUT2D eigenvalue weighted by Crippen LogP contribution is -2.26. The number of nitro groups is 1. The first kappa shape index (κ1) is 14.7. The maximum absolute atomic E-state index is 10.9. The molecule has 1 aromatic rings. The molecule has 6 heteroatoms. The summed E-state index contributed by atoms with van der Waals surface area (Å²) in [6.07, 6.45) is 1.34. The van der Waals surface area contributed by atoms with E-state index in [1.807, 2.05) is 6.07 Å². The van der Waals surface area contributed by atoms with Gasteiger partial charge in [-0.2, -0.15) is 0 Å². The van der Waals surface area contributed by atoms with Crippen molar-refractivity contribution in [1.29, 1.82) is 0 Å². The highest BCUT2D eigenvalue weighted by atomic mass is 16.6. The molecule has 6 nitrogen and oxygen atoms in total. The fourth-order valence-corrected chi connectivity index (χ4v) is 2.41. The van der Waals surface area contributed by atoms with E-state index in [0.29, 0.717) is 18.2 Å². The molecule has 110 valence electrons. The Labute approximate surface area is 118 Å². The maximum atomic E-state index is 10.9. The molecule has 1 aromatic carbocycles. The minimum Gasteiger partial charge on any atom is -0.496 e. The first-order valence-corrected chi connectivity index (χ1v) is 6.75. The third kappa shape index (κ3) is 3.68. The Morgan fingerprint density at radius 3 is 2.90 bits per heavy atom. The smallest absolute Gasteiger partial charge is 0.273 e. The van der Waals surface area contributed by atoms with Gasteiger partial charge in [-0.15, -0.1) is 0 Å².